The molecule has 0 aliphatic rings. The summed E-state index contributed by atoms with van der Waals surface area (Å²) in [5.41, 5.74) is 0.607. The average molecular weight is 236 g/mol. The molecule has 0 heterocycles. The zero-order valence-electron chi connectivity index (χ0n) is 9.19. The normalized spacial score (nSPS) is 20.9. The van der Waals surface area contributed by atoms with Gasteiger partial charge in [0.1, 0.15) is 24.4 Å². The number of rotatable bonds is 7. The fourth-order valence-corrected chi connectivity index (χ4v) is 1.24. The topological polar surface area (TPSA) is 121 Å². The zero-order valence-corrected chi connectivity index (χ0v) is 9.19. The van der Waals surface area contributed by atoms with Gasteiger partial charge < -0.3 is 30.6 Å². The summed E-state index contributed by atoms with van der Waals surface area (Å²) in [4.78, 5) is 0. The molecule has 0 aromatic rings. The van der Waals surface area contributed by atoms with Crippen LogP contribution in [0.3, 0.4) is 0 Å². The Morgan fingerprint density at radius 2 is 1.38 bits per heavy atom. The van der Waals surface area contributed by atoms with E-state index in [9.17, 15) is 20.4 Å². The van der Waals surface area contributed by atoms with E-state index in [-0.39, 0.29) is 6.42 Å². The molecule has 0 saturated heterocycles. The van der Waals surface area contributed by atoms with Crippen molar-refractivity contribution < 1.29 is 30.6 Å². The third kappa shape index (κ3) is 4.56. The summed E-state index contributed by atoms with van der Waals surface area (Å²) in [6, 6.07) is 0. The van der Waals surface area contributed by atoms with Gasteiger partial charge in [0.15, 0.2) is 0 Å². The van der Waals surface area contributed by atoms with Gasteiger partial charge in [0.25, 0.3) is 0 Å². The van der Waals surface area contributed by atoms with Crippen LogP contribution in [0.1, 0.15) is 13.3 Å². The minimum absolute atomic E-state index is 0.0696. The molecule has 0 amide bonds. The summed E-state index contributed by atoms with van der Waals surface area (Å²) in [7, 11) is 0. The maximum atomic E-state index is 9.46. The van der Waals surface area contributed by atoms with Gasteiger partial charge in [0.2, 0.25) is 0 Å². The van der Waals surface area contributed by atoms with Gasteiger partial charge in [-0.25, -0.2) is 0 Å². The van der Waals surface area contributed by atoms with Crippen LogP contribution in [0.4, 0.5) is 0 Å². The van der Waals surface area contributed by atoms with Gasteiger partial charge >= 0.3 is 0 Å². The molecule has 6 heteroatoms. The average Bonchev–Trinajstić information content (AvgIpc) is 2.23. The van der Waals surface area contributed by atoms with Crippen LogP contribution in [-0.2, 0) is 0 Å². The third-order valence-corrected chi connectivity index (χ3v) is 2.23. The second-order valence-electron chi connectivity index (χ2n) is 3.95. The highest BCUT2D eigenvalue weighted by atomic mass is 16.4. The zero-order chi connectivity index (χ0) is 12.9. The number of hydrogen-bond donors (Lipinski definition) is 6. The summed E-state index contributed by atoms with van der Waals surface area (Å²) < 4.78 is 0. The molecule has 0 aliphatic heterocycles. The van der Waals surface area contributed by atoms with E-state index in [0.717, 1.165) is 0 Å². The lowest BCUT2D eigenvalue weighted by atomic mass is 9.96. The summed E-state index contributed by atoms with van der Waals surface area (Å²) in [5, 5.41) is 55.2. The lowest BCUT2D eigenvalue weighted by molar-refractivity contribution is -0.139. The molecule has 6 nitrogen and oxygen atoms in total. The van der Waals surface area contributed by atoms with Crippen LogP contribution in [0.2, 0.25) is 0 Å². The molecule has 96 valence electrons. The van der Waals surface area contributed by atoms with Crippen molar-refractivity contribution in [2.75, 3.05) is 6.61 Å². The molecule has 16 heavy (non-hydrogen) atoms. The van der Waals surface area contributed by atoms with Crippen molar-refractivity contribution >= 4 is 0 Å². The van der Waals surface area contributed by atoms with Gasteiger partial charge in [-0.1, -0.05) is 5.57 Å². The Hall–Kier alpha value is -0.500. The van der Waals surface area contributed by atoms with Crippen molar-refractivity contribution in [3.8, 4) is 0 Å². The van der Waals surface area contributed by atoms with E-state index >= 15 is 0 Å². The molecule has 0 aliphatic carbocycles. The smallest absolute Gasteiger partial charge is 0.111 e. The highest BCUT2D eigenvalue weighted by molar-refractivity contribution is 4.95. The predicted octanol–water partition coefficient (Wildman–Crippen LogP) is -2.25. The van der Waals surface area contributed by atoms with E-state index in [0.29, 0.717) is 5.57 Å². The summed E-state index contributed by atoms with van der Waals surface area (Å²) in [6.07, 6.45) is -7.86. The summed E-state index contributed by atoms with van der Waals surface area (Å²) >= 11 is 0. The van der Waals surface area contributed by atoms with E-state index < -0.39 is 37.1 Å². The van der Waals surface area contributed by atoms with Crippen LogP contribution < -0.4 is 0 Å². The molecule has 0 aromatic carbocycles. The fourth-order valence-electron chi connectivity index (χ4n) is 1.24. The van der Waals surface area contributed by atoms with Crippen molar-refractivity contribution in [1.82, 2.24) is 0 Å². The van der Waals surface area contributed by atoms with Crippen LogP contribution in [0.25, 0.3) is 0 Å². The Morgan fingerprint density at radius 1 is 0.938 bits per heavy atom. The molecule has 0 spiro atoms. The number of aliphatic hydroxyl groups is 6. The molecular weight excluding hydrogens is 216 g/mol. The standard InChI is InChI=1S/C10H20O6/c1-5(2)3-6(12)8(14)10(16)9(15)7(13)4-11/h6-16H,1,3-4H2,2H3. The van der Waals surface area contributed by atoms with Crippen LogP contribution in [-0.4, -0.2) is 67.8 Å². The molecule has 5 atom stereocenters. The highest BCUT2D eigenvalue weighted by Crippen LogP contribution is 2.13. The van der Waals surface area contributed by atoms with Gasteiger partial charge in [-0.2, -0.15) is 0 Å². The maximum absolute atomic E-state index is 9.46. The van der Waals surface area contributed by atoms with E-state index in [4.69, 9.17) is 10.2 Å². The molecule has 0 bridgehead atoms. The second kappa shape index (κ2) is 6.95. The number of hydrogen-bond acceptors (Lipinski definition) is 6. The monoisotopic (exact) mass is 236 g/mol. The summed E-state index contributed by atoms with van der Waals surface area (Å²) in [5.74, 6) is 0. The molecule has 0 fully saturated rings. The Kier molecular flexibility index (Phi) is 6.73. The Labute approximate surface area is 94.1 Å². The van der Waals surface area contributed by atoms with E-state index in [1.54, 1.807) is 6.92 Å². The van der Waals surface area contributed by atoms with Crippen molar-refractivity contribution in [2.24, 2.45) is 0 Å². The predicted molar refractivity (Wildman–Crippen MR) is 56.6 cm³/mol. The third-order valence-electron chi connectivity index (χ3n) is 2.23. The lowest BCUT2D eigenvalue weighted by Gasteiger charge is -2.28. The first-order valence-electron chi connectivity index (χ1n) is 4.96. The van der Waals surface area contributed by atoms with E-state index in [1.807, 2.05) is 0 Å². The van der Waals surface area contributed by atoms with Gasteiger partial charge in [-0.3, -0.25) is 0 Å². The van der Waals surface area contributed by atoms with Crippen LogP contribution in [0.5, 0.6) is 0 Å². The van der Waals surface area contributed by atoms with Crippen molar-refractivity contribution in [1.29, 1.82) is 0 Å². The van der Waals surface area contributed by atoms with Crippen molar-refractivity contribution in [3.63, 3.8) is 0 Å². The first kappa shape index (κ1) is 15.5. The van der Waals surface area contributed by atoms with Gasteiger partial charge in [0, 0.05) is 0 Å². The van der Waals surface area contributed by atoms with Gasteiger partial charge in [0.05, 0.1) is 12.7 Å². The highest BCUT2D eigenvalue weighted by Gasteiger charge is 2.33. The molecule has 0 saturated carbocycles. The molecule has 0 aromatic heterocycles. The second-order valence-corrected chi connectivity index (χ2v) is 3.95. The van der Waals surface area contributed by atoms with Gasteiger partial charge in [-0.05, 0) is 13.3 Å². The SMILES string of the molecule is C=C(C)CC(O)C(O)C(O)C(O)C(O)CO. The van der Waals surface area contributed by atoms with Crippen molar-refractivity contribution in [2.45, 2.75) is 43.9 Å². The minimum Gasteiger partial charge on any atom is -0.394 e. The van der Waals surface area contributed by atoms with Crippen LogP contribution >= 0.6 is 0 Å². The Bertz CT molecular complexity index is 219. The van der Waals surface area contributed by atoms with E-state index in [1.165, 1.54) is 0 Å². The minimum atomic E-state index is -1.74. The Morgan fingerprint density at radius 3 is 1.75 bits per heavy atom. The Balaban J connectivity index is 4.35. The first-order chi connectivity index (χ1) is 7.31. The van der Waals surface area contributed by atoms with E-state index in [2.05, 4.69) is 6.58 Å². The lowest BCUT2D eigenvalue weighted by Crippen LogP contribution is -2.50. The molecule has 0 rings (SSSR count). The van der Waals surface area contributed by atoms with Gasteiger partial charge in [-0.15, -0.1) is 6.58 Å². The maximum Gasteiger partial charge on any atom is 0.111 e. The molecule has 6 N–H and O–H groups in total. The fraction of sp³-hybridized carbons (Fsp3) is 0.800. The van der Waals surface area contributed by atoms with Crippen LogP contribution in [0, 0.1) is 0 Å². The molecular formula is C10H20O6. The van der Waals surface area contributed by atoms with Crippen LogP contribution in [0.15, 0.2) is 12.2 Å². The first-order valence-corrected chi connectivity index (χ1v) is 4.96. The largest absolute Gasteiger partial charge is 0.394 e. The quantitative estimate of drug-likeness (QED) is 0.278. The van der Waals surface area contributed by atoms with Crippen molar-refractivity contribution in [3.05, 3.63) is 12.2 Å². The number of aliphatic hydroxyl groups excluding tert-OH is 6. The molecule has 0 radical (unpaired) electrons. The summed E-state index contributed by atoms with van der Waals surface area (Å²) in [6.45, 7) is 4.42. The molecule has 5 unspecified atom stereocenters.